The van der Waals surface area contributed by atoms with Crippen LogP contribution in [0, 0.1) is 11.7 Å². The summed E-state index contributed by atoms with van der Waals surface area (Å²) in [5, 5.41) is 39.8. The van der Waals surface area contributed by atoms with E-state index in [0.29, 0.717) is 17.7 Å². The summed E-state index contributed by atoms with van der Waals surface area (Å²) in [4.78, 5) is 76.3. The zero-order chi connectivity index (χ0) is 36.3. The number of amides is 2. The van der Waals surface area contributed by atoms with Crippen molar-refractivity contribution in [2.45, 2.75) is 88.4 Å². The molecule has 3 atom stereocenters. The SMILES string of the molecule is CNC(C)C(=O)N[C@H](C(=O)N1CCCC1c1cncc(C(=O)c2ccc(F)cc2)c1)C1CCCCC1.O=C(O)CC(O)(CC(=O)O)C(=O)O. The van der Waals surface area contributed by atoms with Gasteiger partial charge in [0.05, 0.1) is 24.9 Å². The number of aliphatic carboxylic acids is 3. The van der Waals surface area contributed by atoms with Gasteiger partial charge in [-0.1, -0.05) is 19.3 Å². The number of likely N-dealkylation sites (tertiary alicyclic amines) is 1. The van der Waals surface area contributed by atoms with Gasteiger partial charge in [0.15, 0.2) is 11.4 Å². The molecule has 0 radical (unpaired) electrons. The van der Waals surface area contributed by atoms with Gasteiger partial charge in [-0.3, -0.25) is 29.0 Å². The molecule has 1 aromatic carbocycles. The topological polar surface area (TPSA) is 224 Å². The molecule has 4 rings (SSSR count). The fourth-order valence-corrected chi connectivity index (χ4v) is 6.06. The lowest BCUT2D eigenvalue weighted by atomic mass is 9.83. The van der Waals surface area contributed by atoms with Crippen LogP contribution in [-0.4, -0.2) is 97.1 Å². The summed E-state index contributed by atoms with van der Waals surface area (Å²) in [5.41, 5.74) is -1.16. The van der Waals surface area contributed by atoms with Gasteiger partial charge < -0.3 is 36.0 Å². The average molecular weight is 687 g/mol. The van der Waals surface area contributed by atoms with Gasteiger partial charge in [0.25, 0.3) is 0 Å². The summed E-state index contributed by atoms with van der Waals surface area (Å²) in [6.07, 6.45) is 7.65. The predicted molar refractivity (Wildman–Crippen MR) is 172 cm³/mol. The number of hydrogen-bond donors (Lipinski definition) is 6. The molecule has 2 amide bonds. The first-order valence-corrected chi connectivity index (χ1v) is 16.1. The van der Waals surface area contributed by atoms with Crippen LogP contribution in [0.4, 0.5) is 4.39 Å². The summed E-state index contributed by atoms with van der Waals surface area (Å²) < 4.78 is 13.3. The molecule has 15 heteroatoms. The molecule has 2 unspecified atom stereocenters. The number of carboxylic acids is 3. The lowest BCUT2D eigenvalue weighted by Gasteiger charge is -2.35. The van der Waals surface area contributed by atoms with Crippen molar-refractivity contribution in [2.24, 2.45) is 5.92 Å². The Morgan fingerprint density at radius 1 is 0.918 bits per heavy atom. The monoisotopic (exact) mass is 686 g/mol. The van der Waals surface area contributed by atoms with E-state index in [-0.39, 0.29) is 29.6 Å². The number of aliphatic hydroxyl groups is 1. The fraction of sp³-hybridized carbons (Fsp3) is 0.500. The van der Waals surface area contributed by atoms with Crippen LogP contribution in [-0.2, 0) is 24.0 Å². The quantitative estimate of drug-likeness (QED) is 0.167. The minimum Gasteiger partial charge on any atom is -0.481 e. The van der Waals surface area contributed by atoms with E-state index in [1.165, 1.54) is 30.5 Å². The maximum atomic E-state index is 13.9. The van der Waals surface area contributed by atoms with Gasteiger partial charge in [0, 0.05) is 30.1 Å². The van der Waals surface area contributed by atoms with Crippen molar-refractivity contribution in [2.75, 3.05) is 13.6 Å². The van der Waals surface area contributed by atoms with Crippen molar-refractivity contribution in [3.8, 4) is 0 Å². The molecule has 1 aliphatic heterocycles. The third-order valence-corrected chi connectivity index (χ3v) is 8.85. The summed E-state index contributed by atoms with van der Waals surface area (Å²) in [6, 6.07) is 6.05. The normalized spacial score (nSPS) is 17.6. The number of halogens is 1. The highest BCUT2D eigenvalue weighted by atomic mass is 19.1. The van der Waals surface area contributed by atoms with E-state index in [1.807, 2.05) is 4.90 Å². The first kappa shape index (κ1) is 38.7. The van der Waals surface area contributed by atoms with Crippen molar-refractivity contribution < 1.29 is 53.6 Å². The van der Waals surface area contributed by atoms with Gasteiger partial charge in [-0.25, -0.2) is 9.18 Å². The van der Waals surface area contributed by atoms with Crippen LogP contribution in [0.15, 0.2) is 42.7 Å². The van der Waals surface area contributed by atoms with Crippen LogP contribution >= 0.6 is 0 Å². The van der Waals surface area contributed by atoms with Gasteiger partial charge in [-0.05, 0) is 81.5 Å². The fourth-order valence-electron chi connectivity index (χ4n) is 6.06. The zero-order valence-electron chi connectivity index (χ0n) is 27.4. The molecule has 2 aromatic rings. The van der Waals surface area contributed by atoms with Gasteiger partial charge in [-0.15, -0.1) is 0 Å². The summed E-state index contributed by atoms with van der Waals surface area (Å²) in [7, 11) is 1.73. The lowest BCUT2D eigenvalue weighted by molar-refractivity contribution is -0.170. The van der Waals surface area contributed by atoms with E-state index in [0.717, 1.165) is 50.5 Å². The van der Waals surface area contributed by atoms with Crippen molar-refractivity contribution in [1.29, 1.82) is 0 Å². The molecular formula is C34H43FN4O10. The highest BCUT2D eigenvalue weighted by Gasteiger charge is 2.41. The van der Waals surface area contributed by atoms with Crippen LogP contribution in [0.2, 0.25) is 0 Å². The Balaban J connectivity index is 0.000000425. The number of carbonyl (C=O) groups is 6. The molecule has 2 heterocycles. The number of aromatic nitrogens is 1. The van der Waals surface area contributed by atoms with Crippen molar-refractivity contribution in [1.82, 2.24) is 20.5 Å². The number of rotatable bonds is 13. The molecule has 0 bridgehead atoms. The summed E-state index contributed by atoms with van der Waals surface area (Å²) in [6.45, 7) is 2.38. The van der Waals surface area contributed by atoms with E-state index < -0.39 is 54.3 Å². The molecule has 2 fully saturated rings. The Bertz CT molecular complexity index is 1500. The molecule has 1 saturated carbocycles. The average Bonchev–Trinajstić information content (AvgIpc) is 3.57. The van der Waals surface area contributed by atoms with Gasteiger partial charge in [0.1, 0.15) is 11.9 Å². The number of carbonyl (C=O) groups excluding carboxylic acids is 3. The molecule has 266 valence electrons. The molecule has 1 aromatic heterocycles. The Morgan fingerprint density at radius 2 is 1.53 bits per heavy atom. The maximum Gasteiger partial charge on any atom is 0.336 e. The number of nitrogens with zero attached hydrogens (tertiary/aromatic N) is 2. The van der Waals surface area contributed by atoms with Gasteiger partial charge in [0.2, 0.25) is 11.8 Å². The van der Waals surface area contributed by atoms with Crippen LogP contribution in [0.5, 0.6) is 0 Å². The first-order chi connectivity index (χ1) is 23.2. The van der Waals surface area contributed by atoms with Crippen LogP contribution in [0.25, 0.3) is 0 Å². The molecular weight excluding hydrogens is 643 g/mol. The number of pyridine rings is 1. The van der Waals surface area contributed by atoms with Crippen molar-refractivity contribution >= 4 is 35.5 Å². The highest BCUT2D eigenvalue weighted by molar-refractivity contribution is 6.08. The standard InChI is InChI=1S/C28H35FN4O3.C6H8O7/c1-18(30-2)27(35)32-25(19-7-4-3-5-8-19)28(36)33-14-6-9-24(33)21-15-22(17-31-16-21)26(34)20-10-12-23(29)13-11-20;7-3(8)1-6(13,5(11)12)2-4(9)10/h10-13,15-19,24-25,30H,3-9,14H2,1-2H3,(H,32,35);13H,1-2H2,(H,7,8)(H,9,10)(H,11,12)/t18?,24?,25-;/m0./s1. The number of hydrogen-bond acceptors (Lipinski definition) is 9. The minimum absolute atomic E-state index is 0.0590. The Labute approximate surface area is 282 Å². The third kappa shape index (κ3) is 10.6. The van der Waals surface area contributed by atoms with E-state index in [4.69, 9.17) is 20.4 Å². The molecule has 14 nitrogen and oxygen atoms in total. The number of benzene rings is 1. The highest BCUT2D eigenvalue weighted by Crippen LogP contribution is 2.35. The number of ketones is 1. The van der Waals surface area contributed by atoms with Crippen LogP contribution in [0.1, 0.15) is 92.2 Å². The Hall–Kier alpha value is -4.76. The summed E-state index contributed by atoms with van der Waals surface area (Å²) >= 11 is 0. The van der Waals surface area contributed by atoms with Crippen LogP contribution in [0.3, 0.4) is 0 Å². The van der Waals surface area contributed by atoms with Crippen molar-refractivity contribution in [3.63, 3.8) is 0 Å². The second-order valence-corrected chi connectivity index (χ2v) is 12.4. The van der Waals surface area contributed by atoms with Crippen LogP contribution < -0.4 is 10.6 Å². The second kappa shape index (κ2) is 17.6. The van der Waals surface area contributed by atoms with E-state index in [2.05, 4.69) is 15.6 Å². The smallest absolute Gasteiger partial charge is 0.336 e. The Kier molecular flexibility index (Phi) is 13.9. The molecule has 2 aliphatic rings. The van der Waals surface area contributed by atoms with E-state index in [9.17, 15) is 33.2 Å². The first-order valence-electron chi connectivity index (χ1n) is 16.1. The van der Waals surface area contributed by atoms with Crippen molar-refractivity contribution in [3.05, 3.63) is 65.2 Å². The van der Waals surface area contributed by atoms with Gasteiger partial charge in [-0.2, -0.15) is 0 Å². The summed E-state index contributed by atoms with van der Waals surface area (Å²) in [5.74, 6) is -5.78. The largest absolute Gasteiger partial charge is 0.481 e. The number of likely N-dealkylation sites (N-methyl/N-ethyl adjacent to an activating group) is 1. The minimum atomic E-state index is -2.74. The zero-order valence-corrected chi connectivity index (χ0v) is 27.4. The number of carboxylic acid groups (broad SMARTS) is 3. The molecule has 6 N–H and O–H groups in total. The molecule has 0 spiro atoms. The number of nitrogens with one attached hydrogen (secondary N) is 2. The second-order valence-electron chi connectivity index (χ2n) is 12.4. The van der Waals surface area contributed by atoms with E-state index >= 15 is 0 Å². The van der Waals surface area contributed by atoms with E-state index in [1.54, 1.807) is 26.2 Å². The lowest BCUT2D eigenvalue weighted by Crippen LogP contribution is -2.55. The van der Waals surface area contributed by atoms with Gasteiger partial charge >= 0.3 is 17.9 Å². The molecule has 49 heavy (non-hydrogen) atoms. The maximum absolute atomic E-state index is 13.9. The Morgan fingerprint density at radius 3 is 2.08 bits per heavy atom. The predicted octanol–water partition coefficient (Wildman–Crippen LogP) is 2.54. The molecule has 1 aliphatic carbocycles. The molecule has 1 saturated heterocycles. The third-order valence-electron chi connectivity index (χ3n) is 8.85.